The lowest BCUT2D eigenvalue weighted by Crippen LogP contribution is -2.37. The normalized spacial score (nSPS) is 12.4. The zero-order valence-electron chi connectivity index (χ0n) is 36.5. The molecule has 318 valence electrons. The van der Waals surface area contributed by atoms with Crippen LogP contribution in [-0.2, 0) is 28.7 Å². The maximum absolute atomic E-state index is 13.2. The Hall–Kier alpha value is -1.92. The highest BCUT2D eigenvalue weighted by molar-refractivity contribution is 5.83. The van der Waals surface area contributed by atoms with Gasteiger partial charge in [0, 0.05) is 32.2 Å². The molecule has 0 heterocycles. The minimum atomic E-state index is -0.354. The first-order valence-electron chi connectivity index (χ1n) is 23.4. The van der Waals surface area contributed by atoms with Gasteiger partial charge in [0.2, 0.25) is 5.91 Å². The van der Waals surface area contributed by atoms with E-state index in [9.17, 15) is 19.2 Å². The molecule has 0 radical (unpaired) electrons. The largest absolute Gasteiger partial charge is 0.466 e. The lowest BCUT2D eigenvalue weighted by Gasteiger charge is -2.23. The first-order chi connectivity index (χ1) is 26.3. The molecule has 0 aromatic rings. The fourth-order valence-electron chi connectivity index (χ4n) is 7.42. The van der Waals surface area contributed by atoms with E-state index in [1.165, 1.54) is 109 Å². The summed E-state index contributed by atoms with van der Waals surface area (Å²) in [6.07, 6.45) is 35.2. The molecule has 0 aliphatic heterocycles. The van der Waals surface area contributed by atoms with Gasteiger partial charge in [-0.1, -0.05) is 156 Å². The number of rotatable bonds is 41. The van der Waals surface area contributed by atoms with Gasteiger partial charge in [0.15, 0.2) is 0 Å². The average Bonchev–Trinajstić information content (AvgIpc) is 3.16. The van der Waals surface area contributed by atoms with Crippen molar-refractivity contribution in [2.75, 3.05) is 26.8 Å². The van der Waals surface area contributed by atoms with Crippen LogP contribution in [0.25, 0.3) is 0 Å². The van der Waals surface area contributed by atoms with Crippen molar-refractivity contribution in [3.63, 3.8) is 0 Å². The molecule has 54 heavy (non-hydrogen) atoms. The Bertz CT molecular complexity index is 891. The molecule has 0 rings (SSSR count). The molecule has 0 fully saturated rings. The van der Waals surface area contributed by atoms with Crippen LogP contribution in [0.4, 0.5) is 0 Å². The van der Waals surface area contributed by atoms with Crippen molar-refractivity contribution in [3.05, 3.63) is 0 Å². The summed E-state index contributed by atoms with van der Waals surface area (Å²) >= 11 is 0. The molecule has 0 aromatic carbocycles. The van der Waals surface area contributed by atoms with Gasteiger partial charge in [-0.25, -0.2) is 0 Å². The number of hydrogen-bond donors (Lipinski definition) is 0. The van der Waals surface area contributed by atoms with Crippen LogP contribution >= 0.6 is 0 Å². The van der Waals surface area contributed by atoms with E-state index >= 15 is 0 Å². The summed E-state index contributed by atoms with van der Waals surface area (Å²) < 4.78 is 11.0. The number of esters is 2. The summed E-state index contributed by atoms with van der Waals surface area (Å²) in [4.78, 5) is 52.3. The minimum absolute atomic E-state index is 0.00260. The molecule has 0 aliphatic rings. The van der Waals surface area contributed by atoms with Crippen LogP contribution in [0.5, 0.6) is 0 Å². The second-order valence-corrected chi connectivity index (χ2v) is 16.4. The number of ether oxygens (including phenoxy) is 2. The Balaban J connectivity index is 4.13. The molecular formula is C47H89NO6. The third kappa shape index (κ3) is 33.4. The first kappa shape index (κ1) is 52.1. The summed E-state index contributed by atoms with van der Waals surface area (Å²) in [5.41, 5.74) is 0. The van der Waals surface area contributed by atoms with Crippen molar-refractivity contribution in [2.24, 2.45) is 11.8 Å². The average molecular weight is 764 g/mol. The van der Waals surface area contributed by atoms with E-state index in [1.807, 2.05) is 0 Å². The Morgan fingerprint density at radius 3 is 1.28 bits per heavy atom. The van der Waals surface area contributed by atoms with Gasteiger partial charge in [-0.2, -0.15) is 0 Å². The highest BCUT2D eigenvalue weighted by Gasteiger charge is 2.23. The van der Waals surface area contributed by atoms with Gasteiger partial charge in [-0.3, -0.25) is 19.2 Å². The number of carbonyl (C=O) groups is 4. The van der Waals surface area contributed by atoms with Crippen LogP contribution in [-0.4, -0.2) is 55.3 Å². The zero-order valence-corrected chi connectivity index (χ0v) is 36.5. The molecule has 0 aliphatic carbocycles. The van der Waals surface area contributed by atoms with E-state index in [0.29, 0.717) is 38.4 Å². The number of nitrogens with zero attached hydrogens (tertiary/aromatic N) is 1. The standard InChI is InChI=1S/C47H89NO6/c1-6-10-14-18-20-25-33-42(32-24-16-12-8-3)40-45(50)53-38-30-22-28-36-44(49)37-29-23-31-39-54-46(51)41-48(5)47(52)43(34-26-17-13-9-4)35-27-21-19-15-11-7-2/h42-43H,6-41H2,1-5H3. The van der Waals surface area contributed by atoms with E-state index in [-0.39, 0.29) is 36.1 Å². The molecule has 0 N–H and O–H groups in total. The van der Waals surface area contributed by atoms with E-state index in [0.717, 1.165) is 83.5 Å². The van der Waals surface area contributed by atoms with Gasteiger partial charge >= 0.3 is 11.9 Å². The monoisotopic (exact) mass is 764 g/mol. The summed E-state index contributed by atoms with van der Waals surface area (Å²) in [5.74, 6) is 0.386. The molecule has 0 aromatic heterocycles. The highest BCUT2D eigenvalue weighted by Crippen LogP contribution is 2.23. The molecule has 2 atom stereocenters. The fourth-order valence-corrected chi connectivity index (χ4v) is 7.42. The molecule has 0 saturated heterocycles. The van der Waals surface area contributed by atoms with Crippen LogP contribution in [0.3, 0.4) is 0 Å². The van der Waals surface area contributed by atoms with Gasteiger partial charge < -0.3 is 14.4 Å². The van der Waals surface area contributed by atoms with Crippen molar-refractivity contribution in [1.82, 2.24) is 4.90 Å². The number of unbranched alkanes of at least 4 members (excludes halogenated alkanes) is 20. The maximum Gasteiger partial charge on any atom is 0.325 e. The van der Waals surface area contributed by atoms with E-state index < -0.39 is 0 Å². The number of amides is 1. The fraction of sp³-hybridized carbons (Fsp3) is 0.915. The van der Waals surface area contributed by atoms with Crippen LogP contribution in [0.2, 0.25) is 0 Å². The summed E-state index contributed by atoms with van der Waals surface area (Å²) in [7, 11) is 1.73. The molecule has 0 bridgehead atoms. The Labute approximate surface area is 334 Å². The van der Waals surface area contributed by atoms with E-state index in [4.69, 9.17) is 9.47 Å². The number of ketones is 1. The minimum Gasteiger partial charge on any atom is -0.466 e. The Morgan fingerprint density at radius 1 is 0.444 bits per heavy atom. The summed E-state index contributed by atoms with van der Waals surface area (Å²) in [5, 5.41) is 0. The SMILES string of the molecule is CCCCCCCCC(CCCCCC)CC(=O)OCCCCCC(=O)CCCCCOC(=O)CN(C)C(=O)C(CCCCCC)CCCCCCCC. The van der Waals surface area contributed by atoms with Crippen LogP contribution in [0, 0.1) is 11.8 Å². The highest BCUT2D eigenvalue weighted by atomic mass is 16.5. The number of Topliss-reactive ketones (excluding diaryl/α,β-unsaturated/α-hetero) is 1. The number of hydrogen-bond acceptors (Lipinski definition) is 6. The van der Waals surface area contributed by atoms with E-state index in [1.54, 1.807) is 11.9 Å². The molecule has 0 saturated carbocycles. The Kier molecular flexibility index (Phi) is 37.9. The van der Waals surface area contributed by atoms with E-state index in [2.05, 4.69) is 27.7 Å². The number of likely N-dealkylation sites (N-methyl/N-ethyl adjacent to an activating group) is 1. The lowest BCUT2D eigenvalue weighted by atomic mass is 9.91. The van der Waals surface area contributed by atoms with Gasteiger partial charge in [-0.05, 0) is 70.1 Å². The quantitative estimate of drug-likeness (QED) is 0.0455. The van der Waals surface area contributed by atoms with Crippen LogP contribution in [0.1, 0.15) is 240 Å². The predicted octanol–water partition coefficient (Wildman–Crippen LogP) is 13.3. The number of carbonyl (C=O) groups excluding carboxylic acids is 4. The summed E-state index contributed by atoms with van der Waals surface area (Å²) in [6.45, 7) is 9.69. The van der Waals surface area contributed by atoms with Crippen LogP contribution < -0.4 is 0 Å². The third-order valence-corrected chi connectivity index (χ3v) is 11.0. The lowest BCUT2D eigenvalue weighted by molar-refractivity contribution is -0.150. The van der Waals surface area contributed by atoms with Crippen molar-refractivity contribution in [1.29, 1.82) is 0 Å². The van der Waals surface area contributed by atoms with Gasteiger partial charge in [-0.15, -0.1) is 0 Å². The molecule has 7 heteroatoms. The first-order valence-corrected chi connectivity index (χ1v) is 23.4. The van der Waals surface area contributed by atoms with Gasteiger partial charge in [0.1, 0.15) is 12.3 Å². The smallest absolute Gasteiger partial charge is 0.325 e. The van der Waals surface area contributed by atoms with Crippen molar-refractivity contribution < 1.29 is 28.7 Å². The molecule has 1 amide bonds. The van der Waals surface area contributed by atoms with Gasteiger partial charge in [0.25, 0.3) is 0 Å². The topological polar surface area (TPSA) is 90.0 Å². The molecular weight excluding hydrogens is 675 g/mol. The predicted molar refractivity (Wildman–Crippen MR) is 227 cm³/mol. The summed E-state index contributed by atoms with van der Waals surface area (Å²) in [6, 6.07) is 0. The molecule has 7 nitrogen and oxygen atoms in total. The van der Waals surface area contributed by atoms with Crippen LogP contribution in [0.15, 0.2) is 0 Å². The third-order valence-electron chi connectivity index (χ3n) is 11.0. The molecule has 0 spiro atoms. The van der Waals surface area contributed by atoms with Gasteiger partial charge in [0.05, 0.1) is 13.2 Å². The maximum atomic E-state index is 13.2. The van der Waals surface area contributed by atoms with Crippen molar-refractivity contribution in [2.45, 2.75) is 240 Å². The second-order valence-electron chi connectivity index (χ2n) is 16.4. The second kappa shape index (κ2) is 39.3. The molecule has 2 unspecified atom stereocenters. The zero-order chi connectivity index (χ0) is 39.9. The van der Waals surface area contributed by atoms with Crippen molar-refractivity contribution in [3.8, 4) is 0 Å². The Morgan fingerprint density at radius 2 is 0.815 bits per heavy atom. The van der Waals surface area contributed by atoms with Crippen molar-refractivity contribution >= 4 is 23.6 Å².